The van der Waals surface area contributed by atoms with E-state index in [-0.39, 0.29) is 6.61 Å². The van der Waals surface area contributed by atoms with E-state index in [4.69, 9.17) is 9.84 Å². The van der Waals surface area contributed by atoms with E-state index >= 15 is 0 Å². The third kappa shape index (κ3) is 5.64. The molecule has 0 radical (unpaired) electrons. The van der Waals surface area contributed by atoms with Crippen LogP contribution >= 0.6 is 23.1 Å². The summed E-state index contributed by atoms with van der Waals surface area (Å²) in [5, 5.41) is 21.3. The fourth-order valence-corrected chi connectivity index (χ4v) is 3.85. The predicted molar refractivity (Wildman–Crippen MR) is 79.0 cm³/mol. The summed E-state index contributed by atoms with van der Waals surface area (Å²) >= 11 is 3.27. The highest BCUT2D eigenvalue weighted by Gasteiger charge is 2.15. The highest BCUT2D eigenvalue weighted by Crippen LogP contribution is 2.28. The summed E-state index contributed by atoms with van der Waals surface area (Å²) in [6, 6.07) is 0.576. The molecule has 7 heteroatoms. The first-order valence-electron chi connectivity index (χ1n) is 6.80. The van der Waals surface area contributed by atoms with E-state index in [2.05, 4.69) is 15.5 Å². The Labute approximate surface area is 122 Å². The Balaban J connectivity index is 1.66. The van der Waals surface area contributed by atoms with Crippen molar-refractivity contribution in [3.63, 3.8) is 0 Å². The fraction of sp³-hybridized carbons (Fsp3) is 0.833. The Morgan fingerprint density at radius 3 is 2.89 bits per heavy atom. The molecular weight excluding hydrogens is 282 g/mol. The molecular formula is C12H21N3O2S2. The maximum Gasteiger partial charge on any atom is 0.206 e. The summed E-state index contributed by atoms with van der Waals surface area (Å²) in [5.74, 6) is 0.845. The molecule has 0 unspecified atom stereocenters. The summed E-state index contributed by atoms with van der Waals surface area (Å²) in [4.78, 5) is 0. The lowest BCUT2D eigenvalue weighted by molar-refractivity contribution is 0.103. The smallest absolute Gasteiger partial charge is 0.206 e. The summed E-state index contributed by atoms with van der Waals surface area (Å²) in [6.45, 7) is 1.13. The number of rotatable bonds is 8. The molecule has 0 aliphatic heterocycles. The van der Waals surface area contributed by atoms with Crippen LogP contribution in [0.1, 0.15) is 32.1 Å². The van der Waals surface area contributed by atoms with Crippen molar-refractivity contribution in [2.45, 2.75) is 42.5 Å². The number of aliphatic hydroxyl groups is 1. The van der Waals surface area contributed by atoms with Crippen LogP contribution in [0.5, 0.6) is 0 Å². The Morgan fingerprint density at radius 1 is 1.26 bits per heavy atom. The molecule has 0 saturated heterocycles. The van der Waals surface area contributed by atoms with Gasteiger partial charge >= 0.3 is 0 Å². The number of aliphatic hydroxyl groups excluding tert-OH is 1. The molecule has 1 aromatic heterocycles. The van der Waals surface area contributed by atoms with Crippen molar-refractivity contribution in [2.24, 2.45) is 0 Å². The van der Waals surface area contributed by atoms with Gasteiger partial charge in [0.25, 0.3) is 0 Å². The molecule has 0 bridgehead atoms. The lowest BCUT2D eigenvalue weighted by atomic mass is 9.96. The predicted octanol–water partition coefficient (Wildman–Crippen LogP) is 2.38. The first kappa shape index (κ1) is 15.0. The molecule has 0 atom stereocenters. The molecule has 0 aromatic carbocycles. The van der Waals surface area contributed by atoms with Crippen molar-refractivity contribution in [2.75, 3.05) is 30.9 Å². The lowest BCUT2D eigenvalue weighted by Gasteiger charge is -2.21. The molecule has 5 nitrogen and oxygen atoms in total. The van der Waals surface area contributed by atoms with Gasteiger partial charge in [0, 0.05) is 11.8 Å². The fourth-order valence-electron chi connectivity index (χ4n) is 2.10. The van der Waals surface area contributed by atoms with Crippen LogP contribution in [-0.4, -0.2) is 46.9 Å². The molecule has 0 spiro atoms. The molecule has 2 N–H and O–H groups in total. The van der Waals surface area contributed by atoms with Gasteiger partial charge in [-0.2, -0.15) is 0 Å². The van der Waals surface area contributed by atoms with Crippen LogP contribution in [-0.2, 0) is 4.74 Å². The monoisotopic (exact) mass is 303 g/mol. The maximum atomic E-state index is 8.58. The van der Waals surface area contributed by atoms with E-state index < -0.39 is 0 Å². The first-order chi connectivity index (χ1) is 9.38. The molecule has 2 rings (SSSR count). The summed E-state index contributed by atoms with van der Waals surface area (Å²) in [6.07, 6.45) is 6.50. The second-order valence-corrected chi connectivity index (χ2v) is 6.86. The Morgan fingerprint density at radius 2 is 2.11 bits per heavy atom. The lowest BCUT2D eigenvalue weighted by Crippen LogP contribution is -2.21. The van der Waals surface area contributed by atoms with Crippen molar-refractivity contribution < 1.29 is 9.84 Å². The maximum absolute atomic E-state index is 8.58. The zero-order chi connectivity index (χ0) is 13.3. The molecule has 1 aliphatic carbocycles. The quantitative estimate of drug-likeness (QED) is 0.568. The van der Waals surface area contributed by atoms with E-state index in [0.717, 1.165) is 15.2 Å². The van der Waals surface area contributed by atoms with Gasteiger partial charge in [-0.25, -0.2) is 0 Å². The van der Waals surface area contributed by atoms with Gasteiger partial charge in [-0.15, -0.1) is 10.2 Å². The van der Waals surface area contributed by atoms with Crippen LogP contribution in [0.15, 0.2) is 4.34 Å². The highest BCUT2D eigenvalue weighted by atomic mass is 32.2. The molecule has 1 heterocycles. The molecule has 1 saturated carbocycles. The van der Waals surface area contributed by atoms with E-state index in [0.29, 0.717) is 19.3 Å². The second-order valence-electron chi connectivity index (χ2n) is 4.54. The van der Waals surface area contributed by atoms with Crippen molar-refractivity contribution >= 4 is 28.2 Å². The topological polar surface area (TPSA) is 67.3 Å². The van der Waals surface area contributed by atoms with Gasteiger partial charge in [-0.3, -0.25) is 0 Å². The highest BCUT2D eigenvalue weighted by molar-refractivity contribution is 8.01. The van der Waals surface area contributed by atoms with Crippen molar-refractivity contribution in [1.82, 2.24) is 10.2 Å². The number of nitrogens with one attached hydrogen (secondary N) is 1. The average Bonchev–Trinajstić information content (AvgIpc) is 2.87. The van der Waals surface area contributed by atoms with Crippen LogP contribution < -0.4 is 5.32 Å². The number of anilines is 1. The summed E-state index contributed by atoms with van der Waals surface area (Å²) in [7, 11) is 0. The Hall–Kier alpha value is -0.370. The minimum absolute atomic E-state index is 0.0823. The number of hydrogen-bond acceptors (Lipinski definition) is 7. The Bertz CT molecular complexity index is 356. The van der Waals surface area contributed by atoms with Crippen molar-refractivity contribution in [3.05, 3.63) is 0 Å². The molecule has 19 heavy (non-hydrogen) atoms. The van der Waals surface area contributed by atoms with E-state index in [1.807, 2.05) is 0 Å². The van der Waals surface area contributed by atoms with E-state index in [1.165, 1.54) is 32.1 Å². The molecule has 108 valence electrons. The average molecular weight is 303 g/mol. The van der Waals surface area contributed by atoms with Gasteiger partial charge in [-0.1, -0.05) is 42.4 Å². The number of hydrogen-bond donors (Lipinski definition) is 2. The molecule has 1 fully saturated rings. The summed E-state index contributed by atoms with van der Waals surface area (Å²) < 4.78 is 6.18. The normalized spacial score (nSPS) is 16.7. The molecule has 0 amide bonds. The number of nitrogens with zero attached hydrogens (tertiary/aromatic N) is 2. The second kappa shape index (κ2) is 8.73. The number of thioether (sulfide) groups is 1. The van der Waals surface area contributed by atoms with Crippen LogP contribution in [0.2, 0.25) is 0 Å². The molecule has 1 aliphatic rings. The van der Waals surface area contributed by atoms with E-state index in [9.17, 15) is 0 Å². The molecule has 1 aromatic rings. The number of ether oxygens (including phenoxy) is 1. The summed E-state index contributed by atoms with van der Waals surface area (Å²) in [5.41, 5.74) is 0. The largest absolute Gasteiger partial charge is 0.394 e. The van der Waals surface area contributed by atoms with Gasteiger partial charge < -0.3 is 15.2 Å². The standard InChI is InChI=1S/C12H21N3O2S2/c16-6-7-17-8-9-18-12-15-14-11(19-12)13-10-4-2-1-3-5-10/h10,16H,1-9H2,(H,13,14). The van der Waals surface area contributed by atoms with Crippen molar-refractivity contribution in [1.29, 1.82) is 0 Å². The van der Waals surface area contributed by atoms with Crippen LogP contribution in [0, 0.1) is 0 Å². The SMILES string of the molecule is OCCOCCSc1nnc(NC2CCCCC2)s1. The van der Waals surface area contributed by atoms with Crippen LogP contribution in [0.3, 0.4) is 0 Å². The first-order valence-corrected chi connectivity index (χ1v) is 8.60. The van der Waals surface area contributed by atoms with Crippen molar-refractivity contribution in [3.8, 4) is 0 Å². The zero-order valence-corrected chi connectivity index (χ0v) is 12.6. The van der Waals surface area contributed by atoms with Crippen LogP contribution in [0.25, 0.3) is 0 Å². The Kier molecular flexibility index (Phi) is 6.91. The van der Waals surface area contributed by atoms with Gasteiger partial charge in [-0.05, 0) is 12.8 Å². The zero-order valence-electron chi connectivity index (χ0n) is 11.0. The van der Waals surface area contributed by atoms with Gasteiger partial charge in [0.05, 0.1) is 19.8 Å². The number of aromatic nitrogens is 2. The van der Waals surface area contributed by atoms with E-state index in [1.54, 1.807) is 23.1 Å². The minimum Gasteiger partial charge on any atom is -0.394 e. The van der Waals surface area contributed by atoms with Crippen LogP contribution in [0.4, 0.5) is 5.13 Å². The van der Waals surface area contributed by atoms with Gasteiger partial charge in [0.1, 0.15) is 0 Å². The third-order valence-electron chi connectivity index (χ3n) is 3.03. The van der Waals surface area contributed by atoms with Gasteiger partial charge in [0.2, 0.25) is 5.13 Å². The minimum atomic E-state index is 0.0823. The third-order valence-corrected chi connectivity index (χ3v) is 4.98. The van der Waals surface area contributed by atoms with Gasteiger partial charge in [0.15, 0.2) is 4.34 Å².